The van der Waals surface area contributed by atoms with E-state index >= 15 is 0 Å². The molecule has 0 saturated carbocycles. The number of rotatable bonds is 3. The molecule has 1 unspecified atom stereocenters. The Bertz CT molecular complexity index is 1460. The van der Waals surface area contributed by atoms with Crippen LogP contribution >= 0.6 is 11.6 Å². The predicted molar refractivity (Wildman–Crippen MR) is 128 cm³/mol. The maximum Gasteiger partial charge on any atom is 0.263 e. The van der Waals surface area contributed by atoms with Crippen molar-refractivity contribution in [1.29, 1.82) is 0 Å². The summed E-state index contributed by atoms with van der Waals surface area (Å²) < 4.78 is 22.3. The summed E-state index contributed by atoms with van der Waals surface area (Å²) in [6.45, 7) is 5.12. The molecule has 3 aromatic heterocycles. The second-order valence-electron chi connectivity index (χ2n) is 8.24. The van der Waals surface area contributed by atoms with E-state index in [4.69, 9.17) is 21.3 Å². The number of aromatic nitrogens is 5. The van der Waals surface area contributed by atoms with E-state index in [1.165, 1.54) is 16.7 Å². The van der Waals surface area contributed by atoms with Crippen LogP contribution in [0.2, 0.25) is 5.02 Å². The van der Waals surface area contributed by atoms with Crippen LogP contribution in [0.3, 0.4) is 0 Å². The smallest absolute Gasteiger partial charge is 0.263 e. The number of hydrogen-bond acceptors (Lipinski definition) is 7. The van der Waals surface area contributed by atoms with E-state index in [1.54, 1.807) is 38.5 Å². The number of pyridine rings is 1. The third-order valence-corrected chi connectivity index (χ3v) is 6.26. The zero-order valence-corrected chi connectivity index (χ0v) is 19.7. The Morgan fingerprint density at radius 2 is 1.91 bits per heavy atom. The van der Waals surface area contributed by atoms with Crippen molar-refractivity contribution in [3.05, 3.63) is 75.1 Å². The molecule has 174 valence electrons. The number of ether oxygens (including phenoxy) is 1. The summed E-state index contributed by atoms with van der Waals surface area (Å²) in [7, 11) is 1.64. The Balaban J connectivity index is 1.65. The number of aryl methyl sites for hydroxylation is 2. The number of morpholine rings is 1. The summed E-state index contributed by atoms with van der Waals surface area (Å²) in [5, 5.41) is 0.523. The van der Waals surface area contributed by atoms with Crippen LogP contribution in [0.25, 0.3) is 22.2 Å². The first-order chi connectivity index (χ1) is 16.3. The quantitative estimate of drug-likeness (QED) is 0.441. The molecule has 1 fully saturated rings. The largest absolute Gasteiger partial charge is 0.370 e. The lowest BCUT2D eigenvalue weighted by Gasteiger charge is -2.34. The van der Waals surface area contributed by atoms with Gasteiger partial charge in [0.1, 0.15) is 29.4 Å². The number of fused-ring (bicyclic) bond motifs is 1. The van der Waals surface area contributed by atoms with Crippen LogP contribution in [-0.4, -0.2) is 44.2 Å². The van der Waals surface area contributed by atoms with Crippen LogP contribution in [0, 0.1) is 19.7 Å². The van der Waals surface area contributed by atoms with E-state index in [2.05, 4.69) is 15.0 Å². The van der Waals surface area contributed by atoms with E-state index in [0.29, 0.717) is 42.7 Å². The molecule has 1 aliphatic rings. The van der Waals surface area contributed by atoms with Crippen LogP contribution in [0.5, 0.6) is 0 Å². The van der Waals surface area contributed by atoms with E-state index in [9.17, 15) is 9.18 Å². The van der Waals surface area contributed by atoms with Crippen molar-refractivity contribution in [2.75, 3.05) is 24.6 Å². The summed E-state index contributed by atoms with van der Waals surface area (Å²) in [5.74, 6) is 1.26. The van der Waals surface area contributed by atoms with Crippen LogP contribution in [0.15, 0.2) is 41.5 Å². The molecule has 0 amide bonds. The highest BCUT2D eigenvalue weighted by molar-refractivity contribution is 6.30. The first kappa shape index (κ1) is 22.4. The van der Waals surface area contributed by atoms with Crippen LogP contribution in [0.4, 0.5) is 10.2 Å². The second kappa shape index (κ2) is 8.73. The minimum absolute atomic E-state index is 0.191. The number of anilines is 1. The van der Waals surface area contributed by atoms with Crippen molar-refractivity contribution in [1.82, 2.24) is 24.5 Å². The Morgan fingerprint density at radius 1 is 1.15 bits per heavy atom. The molecule has 1 atom stereocenters. The minimum atomic E-state index is -0.558. The summed E-state index contributed by atoms with van der Waals surface area (Å²) in [6, 6.07) is 6.10. The molecule has 10 heteroatoms. The Morgan fingerprint density at radius 3 is 2.65 bits per heavy atom. The third kappa shape index (κ3) is 4.01. The molecule has 8 nitrogen and oxygen atoms in total. The highest BCUT2D eigenvalue weighted by atomic mass is 35.5. The fraction of sp³-hybridized carbons (Fsp3) is 0.292. The summed E-state index contributed by atoms with van der Waals surface area (Å²) in [4.78, 5) is 33.1. The van der Waals surface area contributed by atoms with Gasteiger partial charge in [0.25, 0.3) is 5.56 Å². The van der Waals surface area contributed by atoms with Crippen molar-refractivity contribution >= 4 is 28.3 Å². The molecule has 0 spiro atoms. The van der Waals surface area contributed by atoms with Gasteiger partial charge in [-0.3, -0.25) is 9.36 Å². The van der Waals surface area contributed by atoms with Gasteiger partial charge in [0.15, 0.2) is 0 Å². The second-order valence-corrected chi connectivity index (χ2v) is 8.68. The average Bonchev–Trinajstić information content (AvgIpc) is 2.82. The highest BCUT2D eigenvalue weighted by Gasteiger charge is 2.26. The average molecular weight is 481 g/mol. The van der Waals surface area contributed by atoms with Gasteiger partial charge < -0.3 is 9.64 Å². The standard InChI is InChI=1S/C24H22ClFN6O2/c1-13-27-10-15(11-28-13)20-12-32(6-7-34-20)21-9-19-22(24(33)31(3)14(2)29-19)23(30-21)17-5-4-16(25)8-18(17)26/h4-5,8-11,20H,6-7,12H2,1-3H3. The lowest BCUT2D eigenvalue weighted by Crippen LogP contribution is -2.39. The number of benzene rings is 1. The molecule has 1 aliphatic heterocycles. The molecule has 0 aliphatic carbocycles. The Kier molecular flexibility index (Phi) is 5.75. The topological polar surface area (TPSA) is 86.0 Å². The van der Waals surface area contributed by atoms with Crippen LogP contribution in [0.1, 0.15) is 23.3 Å². The molecule has 4 heterocycles. The van der Waals surface area contributed by atoms with Crippen molar-refractivity contribution in [2.45, 2.75) is 20.0 Å². The van der Waals surface area contributed by atoms with Crippen molar-refractivity contribution in [2.24, 2.45) is 7.05 Å². The fourth-order valence-corrected chi connectivity index (χ4v) is 4.21. The van der Waals surface area contributed by atoms with Gasteiger partial charge in [0.05, 0.1) is 23.2 Å². The Hall–Kier alpha value is -3.43. The van der Waals surface area contributed by atoms with Gasteiger partial charge in [-0.05, 0) is 32.0 Å². The summed E-state index contributed by atoms with van der Waals surface area (Å²) >= 11 is 5.97. The molecule has 0 bridgehead atoms. The maximum atomic E-state index is 15.0. The van der Waals surface area contributed by atoms with E-state index < -0.39 is 5.82 Å². The van der Waals surface area contributed by atoms with Gasteiger partial charge in [-0.15, -0.1) is 0 Å². The van der Waals surface area contributed by atoms with Crippen LogP contribution < -0.4 is 10.5 Å². The van der Waals surface area contributed by atoms with E-state index in [1.807, 2.05) is 11.8 Å². The molecular formula is C24H22ClFN6O2. The van der Waals surface area contributed by atoms with E-state index in [0.717, 1.165) is 5.56 Å². The first-order valence-corrected chi connectivity index (χ1v) is 11.2. The van der Waals surface area contributed by atoms with Gasteiger partial charge in [0, 0.05) is 54.7 Å². The third-order valence-electron chi connectivity index (χ3n) is 6.02. The molecular weight excluding hydrogens is 459 g/mol. The molecule has 1 aromatic carbocycles. The molecule has 0 N–H and O–H groups in total. The van der Waals surface area contributed by atoms with Gasteiger partial charge in [-0.1, -0.05) is 11.6 Å². The highest BCUT2D eigenvalue weighted by Crippen LogP contribution is 2.32. The molecule has 34 heavy (non-hydrogen) atoms. The zero-order chi connectivity index (χ0) is 24.0. The molecule has 1 saturated heterocycles. The first-order valence-electron chi connectivity index (χ1n) is 10.8. The van der Waals surface area contributed by atoms with Gasteiger partial charge in [-0.2, -0.15) is 0 Å². The number of halogens is 2. The summed E-state index contributed by atoms with van der Waals surface area (Å²) in [5.41, 5.74) is 1.45. The van der Waals surface area contributed by atoms with Gasteiger partial charge in [0.2, 0.25) is 0 Å². The lowest BCUT2D eigenvalue weighted by atomic mass is 10.1. The van der Waals surface area contributed by atoms with Gasteiger partial charge >= 0.3 is 0 Å². The van der Waals surface area contributed by atoms with Crippen LogP contribution in [-0.2, 0) is 11.8 Å². The fourth-order valence-electron chi connectivity index (χ4n) is 4.05. The molecule has 0 radical (unpaired) electrons. The molecule has 4 aromatic rings. The normalized spacial score (nSPS) is 16.3. The van der Waals surface area contributed by atoms with Crippen molar-refractivity contribution in [3.63, 3.8) is 0 Å². The van der Waals surface area contributed by atoms with Gasteiger partial charge in [-0.25, -0.2) is 24.3 Å². The number of nitrogens with zero attached hydrogens (tertiary/aromatic N) is 6. The minimum Gasteiger partial charge on any atom is -0.370 e. The van der Waals surface area contributed by atoms with Crippen molar-refractivity contribution < 1.29 is 9.13 Å². The predicted octanol–water partition coefficient (Wildman–Crippen LogP) is 3.77. The monoisotopic (exact) mass is 480 g/mol. The maximum absolute atomic E-state index is 15.0. The molecule has 5 rings (SSSR count). The SMILES string of the molecule is Cc1ncc(C2CN(c3cc4nc(C)n(C)c(=O)c4c(-c4ccc(Cl)cc4F)n3)CCO2)cn1. The van der Waals surface area contributed by atoms with Crippen molar-refractivity contribution in [3.8, 4) is 11.3 Å². The lowest BCUT2D eigenvalue weighted by molar-refractivity contribution is 0.0391. The number of hydrogen-bond donors (Lipinski definition) is 0. The Labute approximate surface area is 200 Å². The summed E-state index contributed by atoms with van der Waals surface area (Å²) in [6.07, 6.45) is 3.27. The zero-order valence-electron chi connectivity index (χ0n) is 18.9. The van der Waals surface area contributed by atoms with E-state index in [-0.39, 0.29) is 33.3 Å².